The third-order valence-corrected chi connectivity index (χ3v) is 2.73. The van der Waals surface area contributed by atoms with Gasteiger partial charge in [-0.25, -0.2) is 9.78 Å². The Hall–Kier alpha value is -2.11. The number of hydrogen-bond donors (Lipinski definition) is 2. The average Bonchev–Trinajstić information content (AvgIpc) is 2.79. The molecule has 6 nitrogen and oxygen atoms in total. The van der Waals surface area contributed by atoms with Crippen molar-refractivity contribution >= 4 is 18.2 Å². The number of carboxylic acid groups (broad SMARTS) is 1. The number of carbonyl (C=O) groups is 2. The van der Waals surface area contributed by atoms with Crippen molar-refractivity contribution in [2.75, 3.05) is 18.4 Å². The molecule has 1 aromatic rings. The molecule has 0 spiro atoms. The molecule has 2 heterocycles. The van der Waals surface area contributed by atoms with E-state index < -0.39 is 6.09 Å². The van der Waals surface area contributed by atoms with Gasteiger partial charge in [0.2, 0.25) is 0 Å². The second-order valence-corrected chi connectivity index (χ2v) is 3.95. The van der Waals surface area contributed by atoms with Crippen molar-refractivity contribution in [1.29, 1.82) is 0 Å². The van der Waals surface area contributed by atoms with Gasteiger partial charge in [0.15, 0.2) is 6.29 Å². The number of likely N-dealkylation sites (tertiary alicyclic amines) is 1. The fourth-order valence-electron chi connectivity index (χ4n) is 1.82. The van der Waals surface area contributed by atoms with Crippen LogP contribution in [0.3, 0.4) is 0 Å². The highest BCUT2D eigenvalue weighted by Gasteiger charge is 2.25. The van der Waals surface area contributed by atoms with Crippen LogP contribution in [0.25, 0.3) is 0 Å². The second kappa shape index (κ2) is 4.82. The maximum absolute atomic E-state index is 10.7. The van der Waals surface area contributed by atoms with Crippen molar-refractivity contribution in [1.82, 2.24) is 9.88 Å². The van der Waals surface area contributed by atoms with E-state index in [9.17, 15) is 9.59 Å². The molecule has 0 saturated carbocycles. The topological polar surface area (TPSA) is 82.5 Å². The molecular formula is C11H13N3O3. The molecule has 2 N–H and O–H groups in total. The largest absolute Gasteiger partial charge is 0.465 e. The number of carbonyl (C=O) groups excluding carboxylic acids is 1. The first-order chi connectivity index (χ1) is 8.19. The van der Waals surface area contributed by atoms with Gasteiger partial charge < -0.3 is 15.3 Å². The first-order valence-electron chi connectivity index (χ1n) is 5.34. The first-order valence-corrected chi connectivity index (χ1v) is 5.34. The lowest BCUT2D eigenvalue weighted by molar-refractivity contribution is 0.112. The number of nitrogens with zero attached hydrogens (tertiary/aromatic N) is 2. The number of amides is 1. The third-order valence-electron chi connectivity index (χ3n) is 2.73. The smallest absolute Gasteiger partial charge is 0.407 e. The van der Waals surface area contributed by atoms with Crippen molar-refractivity contribution in [3.8, 4) is 0 Å². The lowest BCUT2D eigenvalue weighted by atomic mass is 10.2. The molecule has 0 radical (unpaired) electrons. The standard InChI is InChI=1S/C11H13N3O3/c15-7-8-1-2-10(12-5-8)13-9-3-4-14(6-9)11(16)17/h1-2,5,7,9H,3-4,6H2,(H,12,13)(H,16,17)/t9-/m1/s1. The summed E-state index contributed by atoms with van der Waals surface area (Å²) < 4.78 is 0. The Kier molecular flexibility index (Phi) is 3.22. The molecule has 1 atom stereocenters. The minimum absolute atomic E-state index is 0.0840. The minimum atomic E-state index is -0.890. The van der Waals surface area contributed by atoms with Gasteiger partial charge in [-0.2, -0.15) is 0 Å². The third kappa shape index (κ3) is 2.72. The fourth-order valence-corrected chi connectivity index (χ4v) is 1.82. The summed E-state index contributed by atoms with van der Waals surface area (Å²) in [5.41, 5.74) is 0.522. The van der Waals surface area contributed by atoms with Gasteiger partial charge in [0.05, 0.1) is 0 Å². The fraction of sp³-hybridized carbons (Fsp3) is 0.364. The summed E-state index contributed by atoms with van der Waals surface area (Å²) in [6.07, 6.45) is 2.10. The number of anilines is 1. The monoisotopic (exact) mass is 235 g/mol. The predicted molar refractivity (Wildman–Crippen MR) is 61.3 cm³/mol. The number of hydrogen-bond acceptors (Lipinski definition) is 4. The highest BCUT2D eigenvalue weighted by molar-refractivity contribution is 5.74. The van der Waals surface area contributed by atoms with Gasteiger partial charge in [0.25, 0.3) is 0 Å². The molecular weight excluding hydrogens is 222 g/mol. The Morgan fingerprint density at radius 3 is 2.94 bits per heavy atom. The van der Waals surface area contributed by atoms with E-state index in [2.05, 4.69) is 10.3 Å². The molecule has 0 unspecified atom stereocenters. The van der Waals surface area contributed by atoms with Crippen molar-refractivity contribution in [2.24, 2.45) is 0 Å². The quantitative estimate of drug-likeness (QED) is 0.765. The molecule has 1 aromatic heterocycles. The van der Waals surface area contributed by atoms with E-state index in [0.717, 1.165) is 12.7 Å². The lowest BCUT2D eigenvalue weighted by Crippen LogP contribution is -2.30. The predicted octanol–water partition coefficient (Wildman–Crippen LogP) is 1.06. The van der Waals surface area contributed by atoms with Gasteiger partial charge >= 0.3 is 6.09 Å². The molecule has 0 aromatic carbocycles. The summed E-state index contributed by atoms with van der Waals surface area (Å²) in [6, 6.07) is 3.47. The number of rotatable bonds is 3. The van der Waals surface area contributed by atoms with Crippen molar-refractivity contribution < 1.29 is 14.7 Å². The molecule has 6 heteroatoms. The molecule has 90 valence electrons. The number of pyridine rings is 1. The van der Waals surface area contributed by atoms with Crippen LogP contribution in [0.4, 0.5) is 10.6 Å². The SMILES string of the molecule is O=Cc1ccc(N[C@@H]2CCN(C(=O)O)C2)nc1. The molecule has 1 saturated heterocycles. The normalized spacial score (nSPS) is 19.1. The van der Waals surface area contributed by atoms with Crippen LogP contribution in [-0.4, -0.2) is 46.5 Å². The average molecular weight is 235 g/mol. The Morgan fingerprint density at radius 1 is 1.59 bits per heavy atom. The van der Waals surface area contributed by atoms with E-state index in [0.29, 0.717) is 24.5 Å². The van der Waals surface area contributed by atoms with Gasteiger partial charge in [-0.15, -0.1) is 0 Å². The molecule has 1 amide bonds. The van der Waals surface area contributed by atoms with E-state index in [4.69, 9.17) is 5.11 Å². The van der Waals surface area contributed by atoms with Gasteiger partial charge in [0, 0.05) is 30.9 Å². The van der Waals surface area contributed by atoms with E-state index in [1.807, 2.05) is 0 Å². The highest BCUT2D eigenvalue weighted by Crippen LogP contribution is 2.14. The summed E-state index contributed by atoms with van der Waals surface area (Å²) in [4.78, 5) is 26.6. The van der Waals surface area contributed by atoms with E-state index in [-0.39, 0.29) is 6.04 Å². The molecule has 17 heavy (non-hydrogen) atoms. The van der Waals surface area contributed by atoms with Crippen LogP contribution in [0.5, 0.6) is 0 Å². The van der Waals surface area contributed by atoms with Crippen molar-refractivity contribution in [3.63, 3.8) is 0 Å². The molecule has 0 aliphatic carbocycles. The summed E-state index contributed by atoms with van der Waals surface area (Å²) in [5.74, 6) is 0.660. The minimum Gasteiger partial charge on any atom is -0.465 e. The second-order valence-electron chi connectivity index (χ2n) is 3.95. The van der Waals surface area contributed by atoms with E-state index in [1.165, 1.54) is 11.1 Å². The first kappa shape index (κ1) is 11.4. The Labute approximate surface area is 98.3 Å². The number of nitrogens with one attached hydrogen (secondary N) is 1. The van der Waals surface area contributed by atoms with Crippen LogP contribution in [-0.2, 0) is 0 Å². The molecule has 2 rings (SSSR count). The van der Waals surface area contributed by atoms with Crippen LogP contribution in [0.2, 0.25) is 0 Å². The molecule has 1 fully saturated rings. The van der Waals surface area contributed by atoms with Crippen LogP contribution >= 0.6 is 0 Å². The maximum Gasteiger partial charge on any atom is 0.407 e. The molecule has 1 aliphatic rings. The summed E-state index contributed by atoms with van der Waals surface area (Å²) >= 11 is 0. The van der Waals surface area contributed by atoms with Crippen LogP contribution in [0.1, 0.15) is 16.8 Å². The van der Waals surface area contributed by atoms with Gasteiger partial charge in [-0.3, -0.25) is 4.79 Å². The number of aldehydes is 1. The summed E-state index contributed by atoms with van der Waals surface area (Å²) in [7, 11) is 0. The van der Waals surface area contributed by atoms with Crippen LogP contribution in [0, 0.1) is 0 Å². The zero-order valence-electron chi connectivity index (χ0n) is 9.17. The Bertz CT molecular complexity index is 418. The van der Waals surface area contributed by atoms with Crippen LogP contribution < -0.4 is 5.32 Å². The van der Waals surface area contributed by atoms with Crippen molar-refractivity contribution in [3.05, 3.63) is 23.9 Å². The molecule has 1 aliphatic heterocycles. The van der Waals surface area contributed by atoms with Gasteiger partial charge in [0.1, 0.15) is 5.82 Å². The number of aromatic nitrogens is 1. The zero-order valence-corrected chi connectivity index (χ0v) is 9.17. The summed E-state index contributed by atoms with van der Waals surface area (Å²) in [5, 5.41) is 12.0. The van der Waals surface area contributed by atoms with Gasteiger partial charge in [-0.1, -0.05) is 0 Å². The van der Waals surface area contributed by atoms with Crippen LogP contribution in [0.15, 0.2) is 18.3 Å². The van der Waals surface area contributed by atoms with Crippen molar-refractivity contribution in [2.45, 2.75) is 12.5 Å². The Morgan fingerprint density at radius 2 is 2.41 bits per heavy atom. The van der Waals surface area contributed by atoms with E-state index in [1.54, 1.807) is 12.1 Å². The molecule has 0 bridgehead atoms. The Balaban J connectivity index is 1.93. The summed E-state index contributed by atoms with van der Waals surface area (Å²) in [6.45, 7) is 1.01. The van der Waals surface area contributed by atoms with E-state index >= 15 is 0 Å². The zero-order chi connectivity index (χ0) is 12.3. The maximum atomic E-state index is 10.7. The highest BCUT2D eigenvalue weighted by atomic mass is 16.4. The van der Waals surface area contributed by atoms with Gasteiger partial charge in [-0.05, 0) is 18.6 Å². The lowest BCUT2D eigenvalue weighted by Gasteiger charge is -2.14.